The van der Waals surface area contributed by atoms with Crippen LogP contribution in [0.2, 0.25) is 0 Å². The van der Waals surface area contributed by atoms with Crippen LogP contribution in [0, 0.1) is 0 Å². The van der Waals surface area contributed by atoms with Crippen molar-refractivity contribution in [1.82, 2.24) is 4.31 Å². The number of methoxy groups -OCH3 is 3. The number of benzene rings is 2. The molecule has 0 spiro atoms. The average Bonchev–Trinajstić information content (AvgIpc) is 2.73. The molecule has 10 heteroatoms. The topological polar surface area (TPSA) is 94.2 Å². The van der Waals surface area contributed by atoms with Crippen LogP contribution in [0.4, 0.5) is 5.69 Å². The molecule has 164 valence electrons. The van der Waals surface area contributed by atoms with Crippen molar-refractivity contribution in [3.05, 3.63) is 48.0 Å². The molecule has 0 saturated carbocycles. The largest absolute Gasteiger partial charge is 0.495 e. The Balaban J connectivity index is 2.38. The smallest absolute Gasteiger partial charge is 0.255 e. The summed E-state index contributed by atoms with van der Waals surface area (Å²) in [7, 11) is 0.393. The van der Waals surface area contributed by atoms with Gasteiger partial charge in [0.15, 0.2) is 0 Å². The highest BCUT2D eigenvalue weighted by molar-refractivity contribution is 7.89. The van der Waals surface area contributed by atoms with E-state index >= 15 is 0 Å². The van der Waals surface area contributed by atoms with Gasteiger partial charge in [0.1, 0.15) is 10.6 Å². The first-order chi connectivity index (χ1) is 14.3. The predicted molar refractivity (Wildman–Crippen MR) is 117 cm³/mol. The minimum absolute atomic E-state index is 0.104. The van der Waals surface area contributed by atoms with Crippen molar-refractivity contribution in [2.24, 2.45) is 0 Å². The summed E-state index contributed by atoms with van der Waals surface area (Å²) in [6.45, 7) is 0.698. The van der Waals surface area contributed by atoms with Crippen molar-refractivity contribution in [3.63, 3.8) is 0 Å². The van der Waals surface area contributed by atoms with Crippen LogP contribution in [0.1, 0.15) is 10.4 Å². The third kappa shape index (κ3) is 6.19. The molecule has 0 aliphatic carbocycles. The van der Waals surface area contributed by atoms with Crippen LogP contribution < -0.4 is 10.1 Å². The Kier molecular flexibility index (Phi) is 9.12. The van der Waals surface area contributed by atoms with Gasteiger partial charge < -0.3 is 19.5 Å². The Morgan fingerprint density at radius 3 is 2.27 bits per heavy atom. The quantitative estimate of drug-likeness (QED) is 0.507. The SMILES string of the molecule is COCCN(CCOC)S(=O)(=O)c1cc(C(=O)Nc2cccc(S)c2)ccc1OC. The zero-order valence-corrected chi connectivity index (χ0v) is 18.8. The van der Waals surface area contributed by atoms with Gasteiger partial charge in [-0.15, -0.1) is 12.6 Å². The van der Waals surface area contributed by atoms with E-state index < -0.39 is 15.9 Å². The fourth-order valence-electron chi connectivity index (χ4n) is 2.68. The highest BCUT2D eigenvalue weighted by Crippen LogP contribution is 2.28. The number of nitrogens with zero attached hydrogens (tertiary/aromatic N) is 1. The molecule has 2 aromatic rings. The van der Waals surface area contributed by atoms with E-state index in [1.54, 1.807) is 24.3 Å². The van der Waals surface area contributed by atoms with Crippen LogP contribution in [0.3, 0.4) is 0 Å². The molecule has 30 heavy (non-hydrogen) atoms. The van der Waals surface area contributed by atoms with Crippen molar-refractivity contribution >= 4 is 34.2 Å². The molecule has 0 aliphatic heterocycles. The van der Waals surface area contributed by atoms with Crippen molar-refractivity contribution in [2.45, 2.75) is 9.79 Å². The molecule has 0 unspecified atom stereocenters. The second-order valence-corrected chi connectivity index (χ2v) is 8.68. The van der Waals surface area contributed by atoms with E-state index in [0.29, 0.717) is 10.6 Å². The van der Waals surface area contributed by atoms with Crippen molar-refractivity contribution in [2.75, 3.05) is 52.9 Å². The second kappa shape index (κ2) is 11.3. The van der Waals surface area contributed by atoms with Crippen LogP contribution in [0.5, 0.6) is 5.75 Å². The molecular weight excluding hydrogens is 428 g/mol. The summed E-state index contributed by atoms with van der Waals surface area (Å²) >= 11 is 4.25. The summed E-state index contributed by atoms with van der Waals surface area (Å²) in [4.78, 5) is 13.3. The number of nitrogens with one attached hydrogen (secondary N) is 1. The second-order valence-electron chi connectivity index (χ2n) is 6.26. The van der Waals surface area contributed by atoms with Gasteiger partial charge in [0.2, 0.25) is 10.0 Å². The molecule has 0 atom stereocenters. The third-order valence-electron chi connectivity index (χ3n) is 4.24. The minimum atomic E-state index is -3.97. The van der Waals surface area contributed by atoms with E-state index in [-0.39, 0.29) is 42.5 Å². The van der Waals surface area contributed by atoms with Gasteiger partial charge in [-0.1, -0.05) is 6.07 Å². The fraction of sp³-hybridized carbons (Fsp3) is 0.350. The van der Waals surface area contributed by atoms with Gasteiger partial charge in [-0.05, 0) is 36.4 Å². The van der Waals surface area contributed by atoms with Gasteiger partial charge in [-0.25, -0.2) is 8.42 Å². The standard InChI is InChI=1S/C20H26N2O6S2/c1-26-11-9-22(10-12-27-2)30(24,25)19-13-15(7-8-18(19)28-3)20(23)21-16-5-4-6-17(29)14-16/h4-8,13-14,29H,9-12H2,1-3H3,(H,21,23). The molecule has 0 fully saturated rings. The molecule has 0 heterocycles. The Labute approximate surface area is 182 Å². The number of hydrogen-bond acceptors (Lipinski definition) is 7. The first-order valence-electron chi connectivity index (χ1n) is 9.10. The first-order valence-corrected chi connectivity index (χ1v) is 11.0. The molecule has 1 N–H and O–H groups in total. The van der Waals surface area contributed by atoms with E-state index in [4.69, 9.17) is 14.2 Å². The van der Waals surface area contributed by atoms with E-state index in [2.05, 4.69) is 17.9 Å². The molecule has 0 aromatic heterocycles. The minimum Gasteiger partial charge on any atom is -0.495 e. The summed E-state index contributed by atoms with van der Waals surface area (Å²) < 4.78 is 43.1. The molecule has 1 amide bonds. The Morgan fingerprint density at radius 1 is 1.03 bits per heavy atom. The zero-order valence-electron chi connectivity index (χ0n) is 17.1. The molecule has 0 radical (unpaired) electrons. The predicted octanol–water partition coefficient (Wildman–Crippen LogP) is 2.52. The highest BCUT2D eigenvalue weighted by Gasteiger charge is 2.28. The summed E-state index contributed by atoms with van der Waals surface area (Å²) in [5, 5.41) is 2.74. The van der Waals surface area contributed by atoms with E-state index in [1.807, 2.05) is 0 Å². The van der Waals surface area contributed by atoms with Gasteiger partial charge >= 0.3 is 0 Å². The van der Waals surface area contributed by atoms with E-state index in [0.717, 1.165) is 0 Å². The molecule has 8 nitrogen and oxygen atoms in total. The van der Waals surface area contributed by atoms with Crippen LogP contribution in [-0.2, 0) is 19.5 Å². The number of rotatable bonds is 11. The van der Waals surface area contributed by atoms with Crippen LogP contribution in [0.25, 0.3) is 0 Å². The number of hydrogen-bond donors (Lipinski definition) is 2. The zero-order chi connectivity index (χ0) is 22.1. The average molecular weight is 455 g/mol. The van der Waals surface area contributed by atoms with Crippen molar-refractivity contribution in [1.29, 1.82) is 0 Å². The normalized spacial score (nSPS) is 11.5. The Bertz CT molecular complexity index is 958. The maximum Gasteiger partial charge on any atom is 0.255 e. The number of ether oxygens (including phenoxy) is 3. The van der Waals surface area contributed by atoms with Crippen LogP contribution in [0.15, 0.2) is 52.3 Å². The number of carbonyl (C=O) groups excluding carboxylic acids is 1. The lowest BCUT2D eigenvalue weighted by Crippen LogP contribution is -2.36. The lowest BCUT2D eigenvalue weighted by atomic mass is 10.2. The lowest BCUT2D eigenvalue weighted by molar-refractivity contribution is 0.102. The van der Waals surface area contributed by atoms with E-state index in [9.17, 15) is 13.2 Å². The number of carbonyl (C=O) groups is 1. The maximum atomic E-state index is 13.3. The molecule has 0 aliphatic rings. The highest BCUT2D eigenvalue weighted by atomic mass is 32.2. The van der Waals surface area contributed by atoms with E-state index in [1.165, 1.54) is 43.8 Å². The van der Waals surface area contributed by atoms with Gasteiger partial charge in [0, 0.05) is 43.5 Å². The Morgan fingerprint density at radius 2 is 1.70 bits per heavy atom. The van der Waals surface area contributed by atoms with Crippen LogP contribution >= 0.6 is 12.6 Å². The number of amides is 1. The van der Waals surface area contributed by atoms with Gasteiger partial charge in [0.05, 0.1) is 20.3 Å². The van der Waals surface area contributed by atoms with Gasteiger partial charge in [-0.3, -0.25) is 4.79 Å². The summed E-state index contributed by atoms with van der Waals surface area (Å²) in [5.74, 6) is -0.308. The summed E-state index contributed by atoms with van der Waals surface area (Å²) in [6.07, 6.45) is 0. The molecule has 0 saturated heterocycles. The van der Waals surface area contributed by atoms with Crippen LogP contribution in [-0.4, -0.2) is 66.3 Å². The maximum absolute atomic E-state index is 13.3. The number of sulfonamides is 1. The molecule has 2 aromatic carbocycles. The van der Waals surface area contributed by atoms with Gasteiger partial charge in [0.25, 0.3) is 5.91 Å². The Hall–Kier alpha value is -2.11. The first kappa shape index (κ1) is 24.2. The molecular formula is C20H26N2O6S2. The molecule has 0 bridgehead atoms. The number of anilines is 1. The lowest BCUT2D eigenvalue weighted by Gasteiger charge is -2.23. The van der Waals surface area contributed by atoms with Crippen molar-refractivity contribution < 1.29 is 27.4 Å². The fourth-order valence-corrected chi connectivity index (χ4v) is 4.50. The monoisotopic (exact) mass is 454 g/mol. The summed E-state index contributed by atoms with van der Waals surface area (Å²) in [5.41, 5.74) is 0.729. The van der Waals surface area contributed by atoms with Crippen molar-refractivity contribution in [3.8, 4) is 5.75 Å². The van der Waals surface area contributed by atoms with Gasteiger partial charge in [-0.2, -0.15) is 4.31 Å². The number of thiol groups is 1. The summed E-state index contributed by atoms with van der Waals surface area (Å²) in [6, 6.07) is 11.2. The third-order valence-corrected chi connectivity index (χ3v) is 6.44. The molecule has 2 rings (SSSR count).